The van der Waals surface area contributed by atoms with Crippen molar-refractivity contribution in [1.29, 1.82) is 0 Å². The van der Waals surface area contributed by atoms with Crippen LogP contribution in [0.5, 0.6) is 0 Å². The largest absolute Gasteiger partial charge is 0.374 e. The van der Waals surface area contributed by atoms with Crippen molar-refractivity contribution < 1.29 is 4.79 Å². The van der Waals surface area contributed by atoms with Crippen LogP contribution in [0.15, 0.2) is 18.2 Å². The Labute approximate surface area is 89.9 Å². The van der Waals surface area contributed by atoms with Crippen LogP contribution >= 0.6 is 0 Å². The van der Waals surface area contributed by atoms with E-state index >= 15 is 0 Å². The number of rotatable bonds is 3. The summed E-state index contributed by atoms with van der Waals surface area (Å²) >= 11 is 0. The van der Waals surface area contributed by atoms with E-state index in [2.05, 4.69) is 16.6 Å². The molecule has 3 heteroatoms. The van der Waals surface area contributed by atoms with Crippen molar-refractivity contribution in [3.63, 3.8) is 0 Å². The summed E-state index contributed by atoms with van der Waals surface area (Å²) in [5, 5.41) is 5.64. The average molecular weight is 202 g/mol. The second-order valence-electron chi connectivity index (χ2n) is 3.17. The van der Waals surface area contributed by atoms with Crippen molar-refractivity contribution >= 4 is 11.6 Å². The van der Waals surface area contributed by atoms with Gasteiger partial charge in [-0.1, -0.05) is 12.0 Å². The Bertz CT molecular complexity index is 405. The van der Waals surface area contributed by atoms with Gasteiger partial charge in [0.1, 0.15) is 0 Å². The maximum Gasteiger partial charge on any atom is 0.251 e. The number of carbonyl (C=O) groups is 1. The third-order valence-corrected chi connectivity index (χ3v) is 2.11. The number of hydrogen-bond acceptors (Lipinski definition) is 2. The first-order chi connectivity index (χ1) is 7.19. The molecule has 0 aliphatic carbocycles. The van der Waals surface area contributed by atoms with E-state index in [-0.39, 0.29) is 5.91 Å². The first-order valence-corrected chi connectivity index (χ1v) is 4.69. The van der Waals surface area contributed by atoms with Crippen LogP contribution in [-0.2, 0) is 0 Å². The van der Waals surface area contributed by atoms with E-state index in [4.69, 9.17) is 6.42 Å². The molecule has 0 spiro atoms. The van der Waals surface area contributed by atoms with Crippen LogP contribution in [0.25, 0.3) is 0 Å². The average Bonchev–Trinajstić information content (AvgIpc) is 2.27. The van der Waals surface area contributed by atoms with Crippen molar-refractivity contribution in [3.8, 4) is 12.3 Å². The molecule has 0 aliphatic rings. The van der Waals surface area contributed by atoms with Crippen LogP contribution in [0.4, 0.5) is 5.69 Å². The summed E-state index contributed by atoms with van der Waals surface area (Å²) in [6.45, 7) is 2.42. The normalized spacial score (nSPS) is 9.13. The second-order valence-corrected chi connectivity index (χ2v) is 3.17. The Hall–Kier alpha value is -1.95. The summed E-state index contributed by atoms with van der Waals surface area (Å²) in [6, 6.07) is 5.48. The molecule has 1 aromatic carbocycles. The van der Waals surface area contributed by atoms with E-state index in [1.807, 2.05) is 13.0 Å². The Morgan fingerprint density at radius 2 is 2.27 bits per heavy atom. The topological polar surface area (TPSA) is 41.1 Å². The molecule has 0 bridgehead atoms. The van der Waals surface area contributed by atoms with Gasteiger partial charge in [0, 0.05) is 18.3 Å². The van der Waals surface area contributed by atoms with E-state index in [1.54, 1.807) is 19.2 Å². The predicted octanol–water partition coefficient (Wildman–Crippen LogP) is 1.40. The Balaban J connectivity index is 2.95. The molecule has 0 aromatic heterocycles. The fourth-order valence-corrected chi connectivity index (χ4v) is 1.24. The third-order valence-electron chi connectivity index (χ3n) is 2.11. The van der Waals surface area contributed by atoms with Crippen molar-refractivity contribution in [1.82, 2.24) is 5.32 Å². The van der Waals surface area contributed by atoms with Gasteiger partial charge in [0.15, 0.2) is 0 Å². The first kappa shape index (κ1) is 11.1. The lowest BCUT2D eigenvalue weighted by atomic mass is 10.1. The molecule has 0 aliphatic heterocycles. The fourth-order valence-electron chi connectivity index (χ4n) is 1.24. The summed E-state index contributed by atoms with van der Waals surface area (Å²) in [4.78, 5) is 11.4. The molecule has 1 amide bonds. The van der Waals surface area contributed by atoms with Gasteiger partial charge >= 0.3 is 0 Å². The molecule has 3 nitrogen and oxygen atoms in total. The highest BCUT2D eigenvalue weighted by atomic mass is 16.1. The molecule has 0 saturated heterocycles. The van der Waals surface area contributed by atoms with Gasteiger partial charge < -0.3 is 10.6 Å². The Morgan fingerprint density at radius 1 is 1.53 bits per heavy atom. The third kappa shape index (κ3) is 2.75. The van der Waals surface area contributed by atoms with Gasteiger partial charge in [0.2, 0.25) is 0 Å². The Morgan fingerprint density at radius 3 is 2.87 bits per heavy atom. The molecular weight excluding hydrogens is 188 g/mol. The molecule has 0 fully saturated rings. The second kappa shape index (κ2) is 5.06. The van der Waals surface area contributed by atoms with Crippen molar-refractivity contribution in [2.75, 3.05) is 18.9 Å². The minimum absolute atomic E-state index is 0.0984. The minimum Gasteiger partial charge on any atom is -0.374 e. The number of carbonyl (C=O) groups excluding carboxylic acids is 1. The number of amides is 1. The molecule has 0 radical (unpaired) electrons. The lowest BCUT2D eigenvalue weighted by Gasteiger charge is -2.08. The molecule has 78 valence electrons. The Kier molecular flexibility index (Phi) is 3.75. The van der Waals surface area contributed by atoms with Crippen molar-refractivity contribution in [2.24, 2.45) is 0 Å². The predicted molar refractivity (Wildman–Crippen MR) is 61.9 cm³/mol. The fraction of sp³-hybridized carbons (Fsp3) is 0.250. The molecule has 0 atom stereocenters. The molecular formula is C12H14N2O. The van der Waals surface area contributed by atoms with E-state index < -0.39 is 0 Å². The standard InChI is InChI=1S/C12H14N2O/c1-4-7-14-11-8-10(12(15)13-3)6-5-9(11)2/h1,5-6,8,14H,7H2,2-3H3,(H,13,15). The van der Waals surface area contributed by atoms with Crippen LogP contribution in [0.3, 0.4) is 0 Å². The van der Waals surface area contributed by atoms with Gasteiger partial charge in [0.25, 0.3) is 5.91 Å². The van der Waals surface area contributed by atoms with Crippen molar-refractivity contribution in [3.05, 3.63) is 29.3 Å². The maximum atomic E-state index is 11.4. The number of aryl methyl sites for hydroxylation is 1. The lowest BCUT2D eigenvalue weighted by Crippen LogP contribution is -2.18. The summed E-state index contributed by atoms with van der Waals surface area (Å²) in [5.74, 6) is 2.40. The molecule has 1 rings (SSSR count). The van der Waals surface area contributed by atoms with Crippen LogP contribution < -0.4 is 10.6 Å². The number of anilines is 1. The molecule has 15 heavy (non-hydrogen) atoms. The number of benzene rings is 1. The van der Waals surface area contributed by atoms with Crippen molar-refractivity contribution in [2.45, 2.75) is 6.92 Å². The highest BCUT2D eigenvalue weighted by molar-refractivity contribution is 5.95. The van der Waals surface area contributed by atoms with Gasteiger partial charge in [-0.3, -0.25) is 4.79 Å². The quantitative estimate of drug-likeness (QED) is 0.727. The molecule has 2 N–H and O–H groups in total. The van der Waals surface area contributed by atoms with Gasteiger partial charge in [-0.05, 0) is 24.6 Å². The van der Waals surface area contributed by atoms with Crippen LogP contribution in [0.2, 0.25) is 0 Å². The van der Waals surface area contributed by atoms with Gasteiger partial charge in [-0.2, -0.15) is 0 Å². The summed E-state index contributed by atoms with van der Waals surface area (Å²) in [5.41, 5.74) is 2.59. The summed E-state index contributed by atoms with van der Waals surface area (Å²) < 4.78 is 0. The van der Waals surface area contributed by atoms with Gasteiger partial charge in [-0.15, -0.1) is 6.42 Å². The molecule has 0 saturated carbocycles. The van der Waals surface area contributed by atoms with E-state index in [1.165, 1.54) is 0 Å². The van der Waals surface area contributed by atoms with Gasteiger partial charge in [-0.25, -0.2) is 0 Å². The van der Waals surface area contributed by atoms with E-state index in [9.17, 15) is 4.79 Å². The van der Waals surface area contributed by atoms with Crippen LogP contribution in [0.1, 0.15) is 15.9 Å². The van der Waals surface area contributed by atoms with E-state index in [0.29, 0.717) is 12.1 Å². The molecule has 1 aromatic rings. The summed E-state index contributed by atoms with van der Waals surface area (Å²) in [6.07, 6.45) is 5.16. The van der Waals surface area contributed by atoms with Crippen LogP contribution in [-0.4, -0.2) is 19.5 Å². The first-order valence-electron chi connectivity index (χ1n) is 4.69. The minimum atomic E-state index is -0.0984. The van der Waals surface area contributed by atoms with E-state index in [0.717, 1.165) is 11.3 Å². The van der Waals surface area contributed by atoms with Crippen LogP contribution in [0, 0.1) is 19.3 Å². The monoisotopic (exact) mass is 202 g/mol. The smallest absolute Gasteiger partial charge is 0.251 e. The SMILES string of the molecule is C#CCNc1cc(C(=O)NC)ccc1C. The summed E-state index contributed by atoms with van der Waals surface area (Å²) in [7, 11) is 1.61. The van der Waals surface area contributed by atoms with Gasteiger partial charge in [0.05, 0.1) is 6.54 Å². The number of terminal acetylenes is 1. The zero-order valence-corrected chi connectivity index (χ0v) is 8.92. The zero-order valence-electron chi connectivity index (χ0n) is 8.92. The maximum absolute atomic E-state index is 11.4. The molecule has 0 heterocycles. The highest BCUT2D eigenvalue weighted by Gasteiger charge is 2.05. The lowest BCUT2D eigenvalue weighted by molar-refractivity contribution is 0.0963. The number of nitrogens with one attached hydrogen (secondary N) is 2. The number of hydrogen-bond donors (Lipinski definition) is 2. The highest BCUT2D eigenvalue weighted by Crippen LogP contribution is 2.16. The zero-order chi connectivity index (χ0) is 11.3. The molecule has 0 unspecified atom stereocenters.